The highest BCUT2D eigenvalue weighted by molar-refractivity contribution is 9.10. The summed E-state index contributed by atoms with van der Waals surface area (Å²) in [7, 11) is 1.83. The number of nitrogens with two attached hydrogens (primary N) is 1. The summed E-state index contributed by atoms with van der Waals surface area (Å²) in [6.07, 6.45) is 3.51. The van der Waals surface area contributed by atoms with E-state index in [0.717, 1.165) is 11.3 Å². The van der Waals surface area contributed by atoms with Crippen LogP contribution in [0, 0.1) is 17.7 Å². The van der Waals surface area contributed by atoms with Crippen molar-refractivity contribution in [2.45, 2.75) is 6.54 Å². The fourth-order valence-corrected chi connectivity index (χ4v) is 3.20. The minimum Gasteiger partial charge on any atom is -0.384 e. The molecule has 0 saturated heterocycles. The highest BCUT2D eigenvalue weighted by Crippen LogP contribution is 2.28. The number of anilines is 3. The van der Waals surface area contributed by atoms with E-state index in [1.807, 2.05) is 25.4 Å². The zero-order valence-electron chi connectivity index (χ0n) is 16.5. The number of nitrogens with one attached hydrogen (secondary N) is 2. The van der Waals surface area contributed by atoms with Crippen LogP contribution in [0.4, 0.5) is 22.0 Å². The molecular formula is C21H18BrFN8. The molecule has 3 aromatic heterocycles. The molecule has 4 aromatic rings. The van der Waals surface area contributed by atoms with Crippen LogP contribution in [0.2, 0.25) is 0 Å². The fraction of sp³-hybridized carbons (Fsp3) is 0.143. The molecule has 0 unspecified atom stereocenters. The van der Waals surface area contributed by atoms with Gasteiger partial charge in [-0.3, -0.25) is 4.68 Å². The summed E-state index contributed by atoms with van der Waals surface area (Å²) in [5.74, 6) is 6.72. The molecular weight excluding hydrogens is 463 g/mol. The molecule has 0 spiro atoms. The number of halogens is 2. The van der Waals surface area contributed by atoms with E-state index in [9.17, 15) is 4.39 Å². The van der Waals surface area contributed by atoms with Crippen LogP contribution in [0.15, 0.2) is 47.2 Å². The lowest BCUT2D eigenvalue weighted by molar-refractivity contribution is 0.630. The molecule has 31 heavy (non-hydrogen) atoms. The summed E-state index contributed by atoms with van der Waals surface area (Å²) in [4.78, 5) is 13.1. The SMILES string of the molecule is Cn1cc(C#CCNc2nc(NCc3cccc(N)n3)nc3c(F)c(Br)ccc23)cn1. The Balaban J connectivity index is 1.59. The third kappa shape index (κ3) is 4.90. The maximum atomic E-state index is 14.7. The highest BCUT2D eigenvalue weighted by atomic mass is 79.9. The lowest BCUT2D eigenvalue weighted by atomic mass is 10.2. The van der Waals surface area contributed by atoms with Crippen molar-refractivity contribution >= 4 is 44.4 Å². The van der Waals surface area contributed by atoms with Crippen molar-refractivity contribution in [2.75, 3.05) is 22.9 Å². The van der Waals surface area contributed by atoms with Gasteiger partial charge in [0.15, 0.2) is 5.82 Å². The molecule has 0 bridgehead atoms. The number of hydrogen-bond donors (Lipinski definition) is 3. The summed E-state index contributed by atoms with van der Waals surface area (Å²) in [5, 5.41) is 10.9. The lowest BCUT2D eigenvalue weighted by Gasteiger charge is -2.11. The predicted octanol–water partition coefficient (Wildman–Crippen LogP) is 3.32. The average molecular weight is 481 g/mol. The molecule has 0 amide bonds. The molecule has 0 radical (unpaired) electrons. The first-order chi connectivity index (χ1) is 15.0. The Morgan fingerprint density at radius 2 is 2.03 bits per heavy atom. The molecule has 0 aliphatic rings. The Labute approximate surface area is 186 Å². The number of benzene rings is 1. The summed E-state index contributed by atoms with van der Waals surface area (Å²) in [6.45, 7) is 0.654. The summed E-state index contributed by atoms with van der Waals surface area (Å²) < 4.78 is 16.7. The van der Waals surface area contributed by atoms with Gasteiger partial charge >= 0.3 is 0 Å². The first-order valence-electron chi connectivity index (χ1n) is 9.32. The van der Waals surface area contributed by atoms with Gasteiger partial charge in [-0.1, -0.05) is 17.9 Å². The van der Waals surface area contributed by atoms with Gasteiger partial charge in [0.1, 0.15) is 17.2 Å². The summed E-state index contributed by atoms with van der Waals surface area (Å²) >= 11 is 3.21. The second kappa shape index (κ2) is 8.97. The second-order valence-electron chi connectivity index (χ2n) is 6.62. The van der Waals surface area contributed by atoms with E-state index >= 15 is 0 Å². The van der Waals surface area contributed by atoms with E-state index in [0.29, 0.717) is 34.6 Å². The van der Waals surface area contributed by atoms with Gasteiger partial charge in [0.2, 0.25) is 5.95 Å². The average Bonchev–Trinajstić information content (AvgIpc) is 3.17. The third-order valence-corrected chi connectivity index (χ3v) is 4.91. The third-order valence-electron chi connectivity index (χ3n) is 4.30. The van der Waals surface area contributed by atoms with E-state index in [2.05, 4.69) is 58.5 Å². The zero-order chi connectivity index (χ0) is 21.8. The monoisotopic (exact) mass is 480 g/mol. The summed E-state index contributed by atoms with van der Waals surface area (Å²) in [6, 6.07) is 8.72. The van der Waals surface area contributed by atoms with Gasteiger partial charge < -0.3 is 16.4 Å². The first-order valence-corrected chi connectivity index (χ1v) is 10.1. The molecule has 0 fully saturated rings. The van der Waals surface area contributed by atoms with Crippen LogP contribution in [0.25, 0.3) is 10.9 Å². The number of aryl methyl sites for hydroxylation is 1. The van der Waals surface area contributed by atoms with Crippen LogP contribution in [-0.4, -0.2) is 31.3 Å². The van der Waals surface area contributed by atoms with Crippen LogP contribution in [-0.2, 0) is 13.6 Å². The minimum atomic E-state index is -0.463. The topological polar surface area (TPSA) is 107 Å². The van der Waals surface area contributed by atoms with Crippen molar-refractivity contribution in [1.29, 1.82) is 0 Å². The van der Waals surface area contributed by atoms with Crippen LogP contribution in [0.5, 0.6) is 0 Å². The van der Waals surface area contributed by atoms with Crippen LogP contribution in [0.3, 0.4) is 0 Å². The number of nitrogen functional groups attached to an aromatic ring is 1. The number of aromatic nitrogens is 5. The molecule has 0 saturated carbocycles. The molecule has 10 heteroatoms. The molecule has 0 aliphatic heterocycles. The van der Waals surface area contributed by atoms with Gasteiger partial charge in [0.25, 0.3) is 0 Å². The molecule has 4 rings (SSSR count). The van der Waals surface area contributed by atoms with Gasteiger partial charge in [-0.2, -0.15) is 10.1 Å². The molecule has 0 aliphatic carbocycles. The Bertz CT molecular complexity index is 1310. The van der Waals surface area contributed by atoms with Crippen LogP contribution in [0.1, 0.15) is 11.3 Å². The Hall–Kier alpha value is -3.71. The van der Waals surface area contributed by atoms with Crippen molar-refractivity contribution in [3.05, 3.63) is 64.3 Å². The second-order valence-corrected chi connectivity index (χ2v) is 7.47. The number of pyridine rings is 1. The van der Waals surface area contributed by atoms with E-state index in [-0.39, 0.29) is 11.5 Å². The summed E-state index contributed by atoms with van der Waals surface area (Å²) in [5.41, 5.74) is 7.44. The standard InChI is InChI=1S/C21H18BrFN8/c1-31-12-13(10-27-31)4-3-9-25-20-15-7-8-16(22)18(23)19(15)29-21(30-20)26-11-14-5-2-6-17(24)28-14/h2,5-8,10,12H,9,11H2,1H3,(H2,24,28)(H2,25,26,29,30). The van der Waals surface area contributed by atoms with E-state index < -0.39 is 5.82 Å². The molecule has 1 aromatic carbocycles. The van der Waals surface area contributed by atoms with E-state index in [1.165, 1.54) is 0 Å². The Morgan fingerprint density at radius 1 is 1.16 bits per heavy atom. The predicted molar refractivity (Wildman–Crippen MR) is 122 cm³/mol. The number of nitrogens with zero attached hydrogens (tertiary/aromatic N) is 5. The molecule has 3 heterocycles. The highest BCUT2D eigenvalue weighted by Gasteiger charge is 2.13. The van der Waals surface area contributed by atoms with Crippen LogP contribution < -0.4 is 16.4 Å². The quantitative estimate of drug-likeness (QED) is 0.376. The van der Waals surface area contributed by atoms with Crippen molar-refractivity contribution in [1.82, 2.24) is 24.7 Å². The van der Waals surface area contributed by atoms with Crippen molar-refractivity contribution in [2.24, 2.45) is 7.05 Å². The zero-order valence-corrected chi connectivity index (χ0v) is 18.1. The Morgan fingerprint density at radius 3 is 2.81 bits per heavy atom. The Kier molecular flexibility index (Phi) is 5.95. The molecule has 0 atom stereocenters. The van der Waals surface area contributed by atoms with Gasteiger partial charge in [-0.05, 0) is 40.2 Å². The number of fused-ring (bicyclic) bond motifs is 1. The van der Waals surface area contributed by atoms with Crippen molar-refractivity contribution in [3.63, 3.8) is 0 Å². The van der Waals surface area contributed by atoms with Crippen molar-refractivity contribution in [3.8, 4) is 11.8 Å². The van der Waals surface area contributed by atoms with Gasteiger partial charge in [0, 0.05) is 18.6 Å². The van der Waals surface area contributed by atoms with Crippen molar-refractivity contribution < 1.29 is 4.39 Å². The lowest BCUT2D eigenvalue weighted by Crippen LogP contribution is -2.10. The van der Waals surface area contributed by atoms with E-state index in [4.69, 9.17) is 5.73 Å². The fourth-order valence-electron chi connectivity index (χ4n) is 2.88. The van der Waals surface area contributed by atoms with E-state index in [1.54, 1.807) is 29.1 Å². The maximum Gasteiger partial charge on any atom is 0.225 e. The number of hydrogen-bond acceptors (Lipinski definition) is 7. The smallest absolute Gasteiger partial charge is 0.225 e. The molecule has 8 nitrogen and oxygen atoms in total. The minimum absolute atomic E-state index is 0.190. The maximum absolute atomic E-state index is 14.7. The normalized spacial score (nSPS) is 10.5. The molecule has 156 valence electrons. The largest absolute Gasteiger partial charge is 0.384 e. The number of rotatable bonds is 5. The first kappa shape index (κ1) is 20.6. The van der Waals surface area contributed by atoms with Gasteiger partial charge in [-0.25, -0.2) is 14.4 Å². The van der Waals surface area contributed by atoms with Gasteiger partial charge in [0.05, 0.1) is 35.0 Å². The molecule has 4 N–H and O–H groups in total. The van der Waals surface area contributed by atoms with Gasteiger partial charge in [-0.15, -0.1) is 0 Å². The van der Waals surface area contributed by atoms with Crippen LogP contribution >= 0.6 is 15.9 Å².